The van der Waals surface area contributed by atoms with Crippen molar-refractivity contribution in [3.63, 3.8) is 0 Å². The van der Waals surface area contributed by atoms with E-state index in [1.54, 1.807) is 23.0 Å². The highest BCUT2D eigenvalue weighted by Gasteiger charge is 2.36. The van der Waals surface area contributed by atoms with Crippen molar-refractivity contribution in [1.29, 1.82) is 0 Å². The van der Waals surface area contributed by atoms with Gasteiger partial charge in [0.05, 0.1) is 16.2 Å². The molecule has 1 amide bonds. The number of non-ortho nitro benzene ring substituents is 1. The molecule has 10 heteroatoms. The number of hydrogen-bond acceptors (Lipinski definition) is 6. The topological polar surface area (TPSA) is 103 Å². The molecule has 5 rings (SSSR count). The summed E-state index contributed by atoms with van der Waals surface area (Å²) in [6, 6.07) is 23.0. The fourth-order valence-electron chi connectivity index (χ4n) is 3.73. The van der Waals surface area contributed by atoms with Gasteiger partial charge in [-0.1, -0.05) is 46.3 Å². The number of halogens is 1. The summed E-state index contributed by atoms with van der Waals surface area (Å²) < 4.78 is 8.72. The molecule has 2 heterocycles. The monoisotopic (exact) mass is 531 g/mol. The van der Waals surface area contributed by atoms with Gasteiger partial charge in [-0.3, -0.25) is 14.9 Å². The van der Waals surface area contributed by atoms with Crippen molar-refractivity contribution in [3.8, 4) is 16.9 Å². The maximum Gasteiger partial charge on any atom is 0.269 e. The Kier molecular flexibility index (Phi) is 5.87. The second kappa shape index (κ2) is 9.15. The summed E-state index contributed by atoms with van der Waals surface area (Å²) in [4.78, 5) is 23.1. The van der Waals surface area contributed by atoms with Crippen LogP contribution in [0, 0.1) is 10.1 Å². The highest BCUT2D eigenvalue weighted by Crippen LogP contribution is 2.37. The van der Waals surface area contributed by atoms with Crippen molar-refractivity contribution >= 4 is 33.4 Å². The SMILES string of the molecule is CC(=O)N1N=C(c2ccccc2)OC1c1cn(-c2ccc([N+](=O)[O-])cc2)nc1-c1ccc(Br)cc1. The Balaban J connectivity index is 1.60. The van der Waals surface area contributed by atoms with Crippen molar-refractivity contribution in [2.75, 3.05) is 0 Å². The normalized spacial score (nSPS) is 15.0. The molecule has 0 saturated carbocycles. The standard InChI is InChI=1S/C25H18BrN5O4/c1-16(32)30-25(35-24(28-30)18-5-3-2-4-6-18)22-15-29(20-11-13-21(14-12-20)31(33)34)27-23(22)17-7-9-19(26)10-8-17/h2-15,25H,1H3. The Morgan fingerprint density at radius 1 is 1.00 bits per heavy atom. The number of amides is 1. The molecule has 35 heavy (non-hydrogen) atoms. The molecule has 9 nitrogen and oxygen atoms in total. The maximum absolute atomic E-state index is 12.5. The molecule has 0 bridgehead atoms. The van der Waals surface area contributed by atoms with Crippen molar-refractivity contribution in [2.24, 2.45) is 5.10 Å². The van der Waals surface area contributed by atoms with Crippen molar-refractivity contribution in [3.05, 3.63) is 111 Å². The highest BCUT2D eigenvalue weighted by atomic mass is 79.9. The minimum absolute atomic E-state index is 0.0166. The fourth-order valence-corrected chi connectivity index (χ4v) is 3.99. The quantitative estimate of drug-likeness (QED) is 0.251. The predicted octanol–water partition coefficient (Wildman–Crippen LogP) is 5.45. The van der Waals surface area contributed by atoms with E-state index >= 15 is 0 Å². The molecule has 1 aliphatic heterocycles. The summed E-state index contributed by atoms with van der Waals surface area (Å²) in [5, 5.41) is 21.5. The molecule has 1 aliphatic rings. The van der Waals surface area contributed by atoms with Crippen LogP contribution in [0.2, 0.25) is 0 Å². The maximum atomic E-state index is 12.5. The number of hydrazone groups is 1. The van der Waals surface area contributed by atoms with Crippen LogP contribution >= 0.6 is 15.9 Å². The average molecular weight is 532 g/mol. The number of benzene rings is 3. The van der Waals surface area contributed by atoms with Crippen molar-refractivity contribution < 1.29 is 14.5 Å². The van der Waals surface area contributed by atoms with Crippen LogP contribution in [0.1, 0.15) is 24.3 Å². The van der Waals surface area contributed by atoms with Crippen LogP contribution in [0.4, 0.5) is 5.69 Å². The first-order chi connectivity index (χ1) is 16.9. The fraction of sp³-hybridized carbons (Fsp3) is 0.0800. The Labute approximate surface area is 208 Å². The third kappa shape index (κ3) is 4.43. The lowest BCUT2D eigenvalue weighted by atomic mass is 10.1. The molecule has 3 aromatic carbocycles. The van der Waals surface area contributed by atoms with Gasteiger partial charge in [-0.15, -0.1) is 5.10 Å². The summed E-state index contributed by atoms with van der Waals surface area (Å²) in [5.74, 6) is 0.0430. The second-order valence-corrected chi connectivity index (χ2v) is 8.68. The van der Waals surface area contributed by atoms with Gasteiger partial charge in [0.25, 0.3) is 5.69 Å². The molecule has 174 valence electrons. The summed E-state index contributed by atoms with van der Waals surface area (Å²) in [5.41, 5.74) is 3.37. The summed E-state index contributed by atoms with van der Waals surface area (Å²) in [6.07, 6.45) is 0.913. The largest absolute Gasteiger partial charge is 0.446 e. The van der Waals surface area contributed by atoms with Crippen molar-refractivity contribution in [2.45, 2.75) is 13.2 Å². The van der Waals surface area contributed by atoms with Gasteiger partial charge < -0.3 is 4.74 Å². The highest BCUT2D eigenvalue weighted by molar-refractivity contribution is 9.10. The lowest BCUT2D eigenvalue weighted by Crippen LogP contribution is -2.25. The van der Waals surface area contributed by atoms with E-state index < -0.39 is 11.2 Å². The van der Waals surface area contributed by atoms with E-state index in [-0.39, 0.29) is 11.6 Å². The molecule has 0 saturated heterocycles. The number of hydrogen-bond donors (Lipinski definition) is 0. The van der Waals surface area contributed by atoms with Crippen LogP contribution in [-0.4, -0.2) is 31.5 Å². The molecule has 0 N–H and O–H groups in total. The molecule has 1 atom stereocenters. The van der Waals surface area contributed by atoms with Crippen LogP contribution in [0.15, 0.2) is 94.6 Å². The van der Waals surface area contributed by atoms with E-state index in [9.17, 15) is 14.9 Å². The van der Waals surface area contributed by atoms with Gasteiger partial charge >= 0.3 is 0 Å². The molecule has 0 fully saturated rings. The smallest absolute Gasteiger partial charge is 0.269 e. The van der Waals surface area contributed by atoms with Gasteiger partial charge in [0.1, 0.15) is 5.69 Å². The van der Waals surface area contributed by atoms with Crippen LogP contribution in [0.3, 0.4) is 0 Å². The average Bonchev–Trinajstić information content (AvgIpc) is 3.50. The lowest BCUT2D eigenvalue weighted by Gasteiger charge is -2.19. The van der Waals surface area contributed by atoms with E-state index in [0.29, 0.717) is 22.8 Å². The first-order valence-electron chi connectivity index (χ1n) is 10.6. The number of carbonyl (C=O) groups is 1. The number of carbonyl (C=O) groups excluding carboxylic acids is 1. The molecule has 0 aliphatic carbocycles. The van der Waals surface area contributed by atoms with Crippen LogP contribution in [0.25, 0.3) is 16.9 Å². The third-order valence-corrected chi connectivity index (χ3v) is 5.97. The Hall–Kier alpha value is -4.31. The minimum Gasteiger partial charge on any atom is -0.446 e. The summed E-state index contributed by atoms with van der Waals surface area (Å²) in [7, 11) is 0. The Morgan fingerprint density at radius 3 is 2.31 bits per heavy atom. The van der Waals surface area contributed by atoms with E-state index in [2.05, 4.69) is 21.0 Å². The molecule has 4 aromatic rings. The number of rotatable bonds is 5. The van der Waals surface area contributed by atoms with Gasteiger partial charge in [-0.25, -0.2) is 4.68 Å². The second-order valence-electron chi connectivity index (χ2n) is 7.76. The number of aromatic nitrogens is 2. The van der Waals surface area contributed by atoms with Crippen LogP contribution in [0.5, 0.6) is 0 Å². The molecular weight excluding hydrogens is 514 g/mol. The molecular formula is C25H18BrN5O4. The zero-order valence-corrected chi connectivity index (χ0v) is 20.0. The van der Waals surface area contributed by atoms with Gasteiger partial charge in [0.2, 0.25) is 18.0 Å². The van der Waals surface area contributed by atoms with Crippen molar-refractivity contribution in [1.82, 2.24) is 14.8 Å². The van der Waals surface area contributed by atoms with Crippen LogP contribution in [-0.2, 0) is 9.53 Å². The number of ether oxygens (including phenoxy) is 1. The molecule has 1 aromatic heterocycles. The van der Waals surface area contributed by atoms with Gasteiger partial charge in [-0.2, -0.15) is 10.1 Å². The van der Waals surface area contributed by atoms with Gasteiger partial charge in [-0.05, 0) is 36.4 Å². The Morgan fingerprint density at radius 2 is 1.69 bits per heavy atom. The van der Waals surface area contributed by atoms with Gasteiger partial charge in [0, 0.05) is 40.9 Å². The zero-order valence-electron chi connectivity index (χ0n) is 18.4. The number of nitro benzene ring substituents is 1. The molecule has 0 spiro atoms. The summed E-state index contributed by atoms with van der Waals surface area (Å²) >= 11 is 3.45. The van der Waals surface area contributed by atoms with E-state index in [0.717, 1.165) is 15.6 Å². The zero-order chi connectivity index (χ0) is 24.5. The van der Waals surface area contributed by atoms with Crippen LogP contribution < -0.4 is 0 Å². The third-order valence-electron chi connectivity index (χ3n) is 5.44. The Bertz CT molecular complexity index is 1430. The predicted molar refractivity (Wildman–Crippen MR) is 133 cm³/mol. The van der Waals surface area contributed by atoms with Gasteiger partial charge in [0.15, 0.2) is 0 Å². The van der Waals surface area contributed by atoms with E-state index in [1.165, 1.54) is 24.1 Å². The summed E-state index contributed by atoms with van der Waals surface area (Å²) in [6.45, 7) is 1.42. The molecule has 0 radical (unpaired) electrons. The van der Waals surface area contributed by atoms with E-state index in [4.69, 9.17) is 9.84 Å². The number of nitrogens with zero attached hydrogens (tertiary/aromatic N) is 5. The minimum atomic E-state index is -0.840. The lowest BCUT2D eigenvalue weighted by molar-refractivity contribution is -0.384. The number of nitro groups is 1. The first kappa shape index (κ1) is 22.5. The molecule has 1 unspecified atom stereocenters. The first-order valence-corrected chi connectivity index (χ1v) is 11.4. The van der Waals surface area contributed by atoms with E-state index in [1.807, 2.05) is 54.6 Å².